The van der Waals surface area contributed by atoms with Crippen LogP contribution in [0, 0.1) is 6.57 Å². The molecular formula is C28H40N2O5. The topological polar surface area (TPSA) is 100 Å². The third-order valence-electron chi connectivity index (χ3n) is 4.70. The van der Waals surface area contributed by atoms with Gasteiger partial charge in [-0.25, -0.2) is 4.85 Å². The molecule has 2 aromatic carbocycles. The Hall–Kier alpha value is -3.34. The molecule has 35 heavy (non-hydrogen) atoms. The molecule has 0 radical (unpaired) electrons. The average molecular weight is 485 g/mol. The Labute approximate surface area is 210 Å². The summed E-state index contributed by atoms with van der Waals surface area (Å²) in [6.07, 6.45) is 4.19. The number of rotatable bonds is 13. The molecule has 0 atom stereocenters. The molecule has 2 aromatic rings. The monoisotopic (exact) mass is 484 g/mol. The maximum Gasteiger partial charge on any atom is 0.248 e. The van der Waals surface area contributed by atoms with Crippen LogP contribution in [0.3, 0.4) is 0 Å². The lowest BCUT2D eigenvalue weighted by atomic mass is 10.0. The van der Waals surface area contributed by atoms with E-state index in [0.29, 0.717) is 24.1 Å². The van der Waals surface area contributed by atoms with E-state index in [2.05, 4.69) is 4.85 Å². The van der Waals surface area contributed by atoms with Gasteiger partial charge >= 0.3 is 0 Å². The van der Waals surface area contributed by atoms with E-state index in [1.54, 1.807) is 24.3 Å². The fraction of sp³-hybridized carbons (Fsp3) is 0.429. The van der Waals surface area contributed by atoms with E-state index < -0.39 is 5.91 Å². The van der Waals surface area contributed by atoms with Crippen molar-refractivity contribution in [3.05, 3.63) is 76.6 Å². The predicted molar refractivity (Wildman–Crippen MR) is 141 cm³/mol. The minimum atomic E-state index is -0.428. The van der Waals surface area contributed by atoms with E-state index in [1.165, 1.54) is 14.2 Å². The summed E-state index contributed by atoms with van der Waals surface area (Å²) in [5, 5.41) is 0. The maximum atomic E-state index is 11.2. The second-order valence-corrected chi connectivity index (χ2v) is 7.50. The van der Waals surface area contributed by atoms with Crippen molar-refractivity contribution >= 4 is 23.2 Å². The Bertz CT molecular complexity index is 950. The number of nitrogens with two attached hydrogens (primary N) is 1. The number of aryl methyl sites for hydroxylation is 2. The molecule has 0 aromatic heterocycles. The number of benzene rings is 2. The lowest BCUT2D eigenvalue weighted by Gasteiger charge is -2.03. The van der Waals surface area contributed by atoms with Crippen molar-refractivity contribution in [3.8, 4) is 0 Å². The highest BCUT2D eigenvalue weighted by atomic mass is 16.5. The second-order valence-electron chi connectivity index (χ2n) is 7.50. The third-order valence-corrected chi connectivity index (χ3v) is 4.70. The molecule has 0 saturated heterocycles. The minimum Gasteiger partial charge on any atom is -0.377 e. The minimum absolute atomic E-state index is 0. The van der Waals surface area contributed by atoms with Gasteiger partial charge in [0.1, 0.15) is 13.2 Å². The number of carbonyl (C=O) groups is 3. The maximum absolute atomic E-state index is 11.2. The quantitative estimate of drug-likeness (QED) is 0.385. The number of methoxy groups -OCH3 is 2. The number of hydrogen-bond donors (Lipinski definition) is 1. The third kappa shape index (κ3) is 15.2. The smallest absolute Gasteiger partial charge is 0.248 e. The fourth-order valence-corrected chi connectivity index (χ4v) is 3.11. The van der Waals surface area contributed by atoms with Gasteiger partial charge in [0.05, 0.1) is 6.57 Å². The van der Waals surface area contributed by atoms with Crippen molar-refractivity contribution in [2.75, 3.05) is 27.4 Å². The molecular weight excluding hydrogens is 444 g/mol. The molecule has 0 aliphatic heterocycles. The summed E-state index contributed by atoms with van der Waals surface area (Å²) in [6, 6.07) is 14.7. The summed E-state index contributed by atoms with van der Waals surface area (Å²) < 4.78 is 9.50. The van der Waals surface area contributed by atoms with Crippen LogP contribution in [0.15, 0.2) is 48.5 Å². The molecule has 2 N–H and O–H groups in total. The lowest BCUT2D eigenvalue weighted by molar-refractivity contribution is -0.123. The Balaban J connectivity index is 0. The van der Waals surface area contributed by atoms with E-state index in [9.17, 15) is 14.4 Å². The van der Waals surface area contributed by atoms with E-state index in [0.717, 1.165) is 36.8 Å². The second kappa shape index (κ2) is 20.1. The number of ketones is 2. The van der Waals surface area contributed by atoms with E-state index in [-0.39, 0.29) is 39.6 Å². The highest BCUT2D eigenvalue weighted by Crippen LogP contribution is 2.15. The number of amides is 1. The van der Waals surface area contributed by atoms with Crippen LogP contribution in [0.25, 0.3) is 4.85 Å². The number of hydrogen-bond acceptors (Lipinski definition) is 5. The molecule has 1 amide bonds. The highest BCUT2D eigenvalue weighted by molar-refractivity contribution is 5.92. The van der Waals surface area contributed by atoms with Crippen molar-refractivity contribution in [1.29, 1.82) is 0 Å². The zero-order valence-electron chi connectivity index (χ0n) is 19.3. The van der Waals surface area contributed by atoms with Crippen molar-refractivity contribution in [2.45, 2.75) is 53.4 Å². The molecule has 0 saturated carbocycles. The summed E-state index contributed by atoms with van der Waals surface area (Å²) in [7, 11) is 3.03. The molecule has 0 unspecified atom stereocenters. The number of nitrogens with zero attached hydrogens (tertiary/aromatic N) is 1. The summed E-state index contributed by atoms with van der Waals surface area (Å²) in [5.74, 6) is -0.204. The van der Waals surface area contributed by atoms with Crippen molar-refractivity contribution in [1.82, 2.24) is 0 Å². The van der Waals surface area contributed by atoms with Crippen LogP contribution in [0.1, 0.15) is 62.0 Å². The van der Waals surface area contributed by atoms with Crippen LogP contribution in [-0.4, -0.2) is 44.9 Å². The first-order chi connectivity index (χ1) is 15.9. The van der Waals surface area contributed by atoms with Crippen LogP contribution >= 0.6 is 0 Å². The summed E-state index contributed by atoms with van der Waals surface area (Å²) in [5.41, 5.74) is 8.48. The first-order valence-electron chi connectivity index (χ1n) is 10.8. The molecule has 0 aliphatic carbocycles. The Morgan fingerprint density at radius 3 is 1.77 bits per heavy atom. The van der Waals surface area contributed by atoms with Crippen molar-refractivity contribution < 1.29 is 23.9 Å². The first kappa shape index (κ1) is 33.8. The lowest BCUT2D eigenvalue weighted by Crippen LogP contribution is -2.11. The zero-order valence-corrected chi connectivity index (χ0v) is 19.3. The number of carbonyl (C=O) groups excluding carboxylic acids is 3. The van der Waals surface area contributed by atoms with Gasteiger partial charge in [0.15, 0.2) is 17.3 Å². The standard InChI is InChI=1S/C13H17NO3.C13H15NO2.2CH4/c1-17-9-12(15)7-3-5-10-4-2-6-11(8-10)13(14)16;1-14-12-7-3-5-11(9-12)6-4-8-13(15)10-16-2;;/h2,4,6,8H,3,5,7,9H2,1H3,(H2,14,16);3,5,7,9H,4,6,8,10H2,2H3;2*1H4. The van der Waals surface area contributed by atoms with Gasteiger partial charge in [0.25, 0.3) is 0 Å². The molecule has 192 valence electrons. The molecule has 0 heterocycles. The van der Waals surface area contributed by atoms with Gasteiger partial charge in [0, 0.05) is 32.6 Å². The average Bonchev–Trinajstić information content (AvgIpc) is 2.80. The van der Waals surface area contributed by atoms with Gasteiger partial charge in [-0.2, -0.15) is 0 Å². The number of Topliss-reactive ketones (excluding diaryl/α,β-unsaturated/α-hetero) is 2. The van der Waals surface area contributed by atoms with Gasteiger partial charge < -0.3 is 15.2 Å². The van der Waals surface area contributed by atoms with Crippen LogP contribution in [0.4, 0.5) is 5.69 Å². The molecule has 2 rings (SSSR count). The van der Waals surface area contributed by atoms with Crippen LogP contribution in [0.5, 0.6) is 0 Å². The Morgan fingerprint density at radius 1 is 0.829 bits per heavy atom. The molecule has 7 heteroatoms. The van der Waals surface area contributed by atoms with Crippen molar-refractivity contribution in [2.24, 2.45) is 5.73 Å². The van der Waals surface area contributed by atoms with Gasteiger partial charge in [-0.05, 0) is 43.4 Å². The van der Waals surface area contributed by atoms with Gasteiger partial charge in [0.2, 0.25) is 5.91 Å². The summed E-state index contributed by atoms with van der Waals surface area (Å²) in [6.45, 7) is 7.26. The van der Waals surface area contributed by atoms with E-state index >= 15 is 0 Å². The van der Waals surface area contributed by atoms with Gasteiger partial charge in [-0.15, -0.1) is 0 Å². The number of ether oxygens (including phenoxy) is 2. The van der Waals surface area contributed by atoms with Crippen LogP contribution in [0.2, 0.25) is 0 Å². The van der Waals surface area contributed by atoms with E-state index in [4.69, 9.17) is 21.8 Å². The molecule has 0 aliphatic rings. The first-order valence-corrected chi connectivity index (χ1v) is 10.8. The summed E-state index contributed by atoms with van der Waals surface area (Å²) in [4.78, 5) is 36.7. The largest absolute Gasteiger partial charge is 0.377 e. The van der Waals surface area contributed by atoms with Crippen LogP contribution in [-0.2, 0) is 31.9 Å². The van der Waals surface area contributed by atoms with Crippen LogP contribution < -0.4 is 5.73 Å². The van der Waals surface area contributed by atoms with Gasteiger partial charge in [-0.3, -0.25) is 14.4 Å². The molecule has 0 fully saturated rings. The number of primary amides is 1. The SMILES string of the molecule is C.C.COCC(=O)CCCc1cccc(C(N)=O)c1.[C-]#[N+]c1cccc(CCCC(=O)COC)c1. The van der Waals surface area contributed by atoms with Crippen molar-refractivity contribution in [3.63, 3.8) is 0 Å². The predicted octanol–water partition coefficient (Wildman–Crippen LogP) is 5.37. The Kier molecular flexibility index (Phi) is 19.4. The molecule has 7 nitrogen and oxygen atoms in total. The Morgan fingerprint density at radius 2 is 1.31 bits per heavy atom. The zero-order chi connectivity index (χ0) is 24.5. The van der Waals surface area contributed by atoms with Gasteiger partial charge in [-0.1, -0.05) is 56.8 Å². The summed E-state index contributed by atoms with van der Waals surface area (Å²) >= 11 is 0. The highest BCUT2D eigenvalue weighted by Gasteiger charge is 2.04. The normalized spacial score (nSPS) is 9.40. The molecule has 0 bridgehead atoms. The van der Waals surface area contributed by atoms with E-state index in [1.807, 2.05) is 24.3 Å². The molecule has 0 spiro atoms. The fourth-order valence-electron chi connectivity index (χ4n) is 3.11.